The molecular formula is C21H27N3O6S. The van der Waals surface area contributed by atoms with Crippen molar-refractivity contribution < 1.29 is 27.5 Å². The minimum atomic E-state index is -3.47. The summed E-state index contributed by atoms with van der Waals surface area (Å²) < 4.78 is 36.3. The van der Waals surface area contributed by atoms with Gasteiger partial charge in [0.1, 0.15) is 12.3 Å². The van der Waals surface area contributed by atoms with E-state index < -0.39 is 21.9 Å². The highest BCUT2D eigenvalue weighted by atomic mass is 32.2. The van der Waals surface area contributed by atoms with Crippen molar-refractivity contribution in [2.24, 2.45) is 0 Å². The minimum absolute atomic E-state index is 0.117. The summed E-state index contributed by atoms with van der Waals surface area (Å²) in [5, 5.41) is 2.73. The van der Waals surface area contributed by atoms with E-state index >= 15 is 0 Å². The van der Waals surface area contributed by atoms with E-state index in [1.54, 1.807) is 38.1 Å². The number of anilines is 1. The van der Waals surface area contributed by atoms with Crippen molar-refractivity contribution in [1.82, 2.24) is 9.71 Å². The van der Waals surface area contributed by atoms with Crippen molar-refractivity contribution in [3.05, 3.63) is 65.0 Å². The van der Waals surface area contributed by atoms with Gasteiger partial charge < -0.3 is 19.8 Å². The molecule has 10 heteroatoms. The number of hydrogen-bond acceptors (Lipinski definition) is 6. The Kier molecular flexibility index (Phi) is 8.55. The lowest BCUT2D eigenvalue weighted by Gasteiger charge is -2.08. The molecule has 0 atom stereocenters. The molecule has 1 amide bonds. The molecule has 0 unspecified atom stereocenters. The monoisotopic (exact) mass is 449 g/mol. The largest absolute Gasteiger partial charge is 0.460 e. The Hall–Kier alpha value is -2.95. The fourth-order valence-electron chi connectivity index (χ4n) is 2.91. The number of carbonyl (C=O) groups excluding carboxylic acids is 2. The van der Waals surface area contributed by atoms with Gasteiger partial charge in [-0.2, -0.15) is 0 Å². The second-order valence-electron chi connectivity index (χ2n) is 6.80. The number of nitrogens with one attached hydrogen (secondary N) is 3. The van der Waals surface area contributed by atoms with Gasteiger partial charge in [0, 0.05) is 25.0 Å². The lowest BCUT2D eigenvalue weighted by atomic mass is 10.1. The third kappa shape index (κ3) is 6.78. The second-order valence-corrected chi connectivity index (χ2v) is 8.61. The van der Waals surface area contributed by atoms with Crippen LogP contribution in [-0.2, 0) is 25.2 Å². The Morgan fingerprint density at radius 2 is 1.84 bits per heavy atom. The number of carbonyl (C=O) groups is 2. The molecule has 31 heavy (non-hydrogen) atoms. The summed E-state index contributed by atoms with van der Waals surface area (Å²) >= 11 is 0. The predicted molar refractivity (Wildman–Crippen MR) is 118 cm³/mol. The highest BCUT2D eigenvalue weighted by Gasteiger charge is 2.23. The van der Waals surface area contributed by atoms with E-state index in [-0.39, 0.29) is 31.2 Å². The van der Waals surface area contributed by atoms with Crippen molar-refractivity contribution in [2.45, 2.75) is 19.6 Å². The van der Waals surface area contributed by atoms with Gasteiger partial charge in [-0.05, 0) is 37.1 Å². The molecule has 1 heterocycles. The Morgan fingerprint density at radius 1 is 1.16 bits per heavy atom. The molecular weight excluding hydrogens is 422 g/mol. The zero-order valence-corrected chi connectivity index (χ0v) is 18.6. The van der Waals surface area contributed by atoms with E-state index in [1.165, 1.54) is 13.2 Å². The molecule has 0 aliphatic rings. The van der Waals surface area contributed by atoms with Crippen LogP contribution in [0.2, 0.25) is 0 Å². The number of ether oxygens (including phenoxy) is 2. The fraction of sp³-hybridized carbons (Fsp3) is 0.333. The molecule has 0 radical (unpaired) electrons. The highest BCUT2D eigenvalue weighted by Crippen LogP contribution is 2.21. The molecule has 2 aromatic rings. The van der Waals surface area contributed by atoms with E-state index in [0.29, 0.717) is 28.1 Å². The summed E-state index contributed by atoms with van der Waals surface area (Å²) in [7, 11) is -1.96. The van der Waals surface area contributed by atoms with Crippen LogP contribution < -0.4 is 10.0 Å². The summed E-state index contributed by atoms with van der Waals surface area (Å²) in [5.41, 5.74) is 2.62. The molecule has 0 aliphatic heterocycles. The molecule has 168 valence electrons. The Bertz CT molecular complexity index is 1040. The quantitative estimate of drug-likeness (QED) is 0.274. The molecule has 0 bridgehead atoms. The molecule has 0 fully saturated rings. The van der Waals surface area contributed by atoms with Crippen LogP contribution in [0.25, 0.3) is 0 Å². The van der Waals surface area contributed by atoms with Gasteiger partial charge in [0.05, 0.1) is 17.9 Å². The smallest absolute Gasteiger partial charge is 0.340 e. The van der Waals surface area contributed by atoms with E-state index in [2.05, 4.69) is 21.6 Å². The molecule has 0 spiro atoms. The minimum Gasteiger partial charge on any atom is -0.460 e. The maximum Gasteiger partial charge on any atom is 0.340 e. The first-order chi connectivity index (χ1) is 14.7. The van der Waals surface area contributed by atoms with Gasteiger partial charge in [0.2, 0.25) is 10.0 Å². The van der Waals surface area contributed by atoms with Crippen LogP contribution >= 0.6 is 0 Å². The van der Waals surface area contributed by atoms with Crippen LogP contribution in [0.5, 0.6) is 0 Å². The number of aromatic amines is 1. The number of hydrogen-bond donors (Lipinski definition) is 3. The summed E-state index contributed by atoms with van der Waals surface area (Å²) in [6.45, 7) is 7.38. The van der Waals surface area contributed by atoms with Gasteiger partial charge in [0.15, 0.2) is 0 Å². The van der Waals surface area contributed by atoms with Gasteiger partial charge in [0.25, 0.3) is 5.91 Å². The van der Waals surface area contributed by atoms with Crippen molar-refractivity contribution in [3.63, 3.8) is 0 Å². The number of methoxy groups -OCH3 is 1. The Labute approximate surface area is 181 Å². The van der Waals surface area contributed by atoms with Crippen LogP contribution in [0, 0.1) is 13.8 Å². The molecule has 9 nitrogen and oxygen atoms in total. The number of rotatable bonds is 11. The van der Waals surface area contributed by atoms with Crippen LogP contribution in [0.1, 0.15) is 37.7 Å². The average Bonchev–Trinajstić information content (AvgIpc) is 3.02. The van der Waals surface area contributed by atoms with Gasteiger partial charge in [-0.3, -0.25) is 4.79 Å². The van der Waals surface area contributed by atoms with Gasteiger partial charge in [-0.25, -0.2) is 17.9 Å². The molecule has 0 saturated heterocycles. The topological polar surface area (TPSA) is 127 Å². The van der Waals surface area contributed by atoms with Gasteiger partial charge in [-0.1, -0.05) is 18.2 Å². The third-order valence-corrected chi connectivity index (χ3v) is 5.73. The number of H-pyrrole nitrogens is 1. The first kappa shape index (κ1) is 24.3. The Morgan fingerprint density at radius 3 is 2.45 bits per heavy atom. The van der Waals surface area contributed by atoms with Crippen LogP contribution in [0.4, 0.5) is 5.69 Å². The van der Waals surface area contributed by atoms with Crippen LogP contribution in [0.3, 0.4) is 0 Å². The zero-order valence-electron chi connectivity index (χ0n) is 17.8. The van der Waals surface area contributed by atoms with Crippen molar-refractivity contribution in [2.75, 3.05) is 32.2 Å². The Balaban J connectivity index is 2.07. The number of aryl methyl sites for hydroxylation is 1. The van der Waals surface area contributed by atoms with Crippen molar-refractivity contribution in [1.29, 1.82) is 0 Å². The fourth-order valence-corrected chi connectivity index (χ4v) is 4.01. The van der Waals surface area contributed by atoms with E-state index in [0.717, 1.165) is 0 Å². The number of sulfonamides is 1. The standard InChI is InChI=1S/C21H27N3O6S/c1-5-10-22-31(27,28)13-16-6-8-17(9-7-16)24-20(25)19-14(2)18(15(3)23-19)21(26)30-12-11-29-4/h5-9,22-23H,1,10-13H2,2-4H3,(H,24,25). The van der Waals surface area contributed by atoms with Crippen LogP contribution in [-0.4, -0.2) is 52.1 Å². The summed E-state index contributed by atoms with van der Waals surface area (Å²) in [4.78, 5) is 27.9. The molecule has 0 aliphatic carbocycles. The van der Waals surface area contributed by atoms with Gasteiger partial charge in [-0.15, -0.1) is 6.58 Å². The number of aromatic nitrogens is 1. The molecule has 1 aromatic heterocycles. The SMILES string of the molecule is C=CCNS(=O)(=O)Cc1ccc(NC(=O)c2[nH]c(C)c(C(=O)OCCOC)c2C)cc1. The summed E-state index contributed by atoms with van der Waals surface area (Å²) in [6, 6.07) is 6.46. The summed E-state index contributed by atoms with van der Waals surface area (Å²) in [5.74, 6) is -1.14. The number of benzene rings is 1. The van der Waals surface area contributed by atoms with E-state index in [9.17, 15) is 18.0 Å². The van der Waals surface area contributed by atoms with Gasteiger partial charge >= 0.3 is 5.97 Å². The second kappa shape index (κ2) is 10.9. The maximum absolute atomic E-state index is 12.7. The molecule has 1 aromatic carbocycles. The van der Waals surface area contributed by atoms with E-state index in [1.807, 2.05) is 0 Å². The first-order valence-electron chi connectivity index (χ1n) is 9.52. The van der Waals surface area contributed by atoms with Crippen molar-refractivity contribution in [3.8, 4) is 0 Å². The molecule has 2 rings (SSSR count). The first-order valence-corrected chi connectivity index (χ1v) is 11.2. The lowest BCUT2D eigenvalue weighted by Crippen LogP contribution is -2.25. The summed E-state index contributed by atoms with van der Waals surface area (Å²) in [6.07, 6.45) is 1.46. The maximum atomic E-state index is 12.7. The number of amides is 1. The highest BCUT2D eigenvalue weighted by molar-refractivity contribution is 7.88. The average molecular weight is 450 g/mol. The third-order valence-electron chi connectivity index (χ3n) is 4.41. The zero-order chi connectivity index (χ0) is 23.0. The predicted octanol–water partition coefficient (Wildman–Crippen LogP) is 2.29. The van der Waals surface area contributed by atoms with E-state index in [4.69, 9.17) is 9.47 Å². The number of esters is 1. The van der Waals surface area contributed by atoms with Crippen molar-refractivity contribution >= 4 is 27.6 Å². The molecule has 0 saturated carbocycles. The lowest BCUT2D eigenvalue weighted by molar-refractivity contribution is 0.0386. The normalized spacial score (nSPS) is 11.2. The molecule has 3 N–H and O–H groups in total. The van der Waals surface area contributed by atoms with Crippen LogP contribution in [0.15, 0.2) is 36.9 Å².